The molecule has 0 atom stereocenters. The van der Waals surface area contributed by atoms with Crippen LogP contribution in [0.2, 0.25) is 0 Å². The zero-order valence-electron chi connectivity index (χ0n) is 8.56. The third-order valence-electron chi connectivity index (χ3n) is 2.15. The van der Waals surface area contributed by atoms with Crippen molar-refractivity contribution in [3.63, 3.8) is 0 Å². The minimum Gasteiger partial charge on any atom is -0.292 e. The normalized spacial score (nSPS) is 12.2. The third-order valence-corrected chi connectivity index (χ3v) is 2.15. The van der Waals surface area contributed by atoms with E-state index in [-0.39, 0.29) is 11.2 Å². The van der Waals surface area contributed by atoms with Crippen molar-refractivity contribution in [1.82, 2.24) is 14.2 Å². The Morgan fingerprint density at radius 1 is 1.36 bits per heavy atom. The fourth-order valence-electron chi connectivity index (χ4n) is 1.41. The van der Waals surface area contributed by atoms with E-state index in [1.165, 1.54) is 4.52 Å². The van der Waals surface area contributed by atoms with E-state index in [2.05, 4.69) is 5.10 Å². The lowest BCUT2D eigenvalue weighted by Gasteiger charge is -2.18. The van der Waals surface area contributed by atoms with E-state index in [1.807, 2.05) is 39.1 Å². The maximum absolute atomic E-state index is 11.8. The monoisotopic (exact) mass is 191 g/mol. The number of hydrogen-bond acceptors (Lipinski definition) is 2. The van der Waals surface area contributed by atoms with Crippen LogP contribution >= 0.6 is 0 Å². The molecule has 2 rings (SSSR count). The summed E-state index contributed by atoms with van der Waals surface area (Å²) in [6, 6.07) is 3.69. The van der Waals surface area contributed by atoms with Crippen LogP contribution in [0.5, 0.6) is 0 Å². The molecule has 4 heteroatoms. The average Bonchev–Trinajstić information content (AvgIpc) is 2.44. The Morgan fingerprint density at radius 2 is 2.07 bits per heavy atom. The first kappa shape index (κ1) is 8.99. The molecule has 14 heavy (non-hydrogen) atoms. The lowest BCUT2D eigenvalue weighted by atomic mass is 10.1. The van der Waals surface area contributed by atoms with Crippen LogP contribution in [0, 0.1) is 0 Å². The molecular formula is C10H13N3O. The zero-order valence-corrected chi connectivity index (χ0v) is 8.56. The molecule has 2 aromatic heterocycles. The van der Waals surface area contributed by atoms with Crippen LogP contribution in [0.4, 0.5) is 0 Å². The van der Waals surface area contributed by atoms with Gasteiger partial charge in [-0.3, -0.25) is 4.57 Å². The van der Waals surface area contributed by atoms with Crippen LogP contribution in [0.1, 0.15) is 20.8 Å². The molecule has 0 bridgehead atoms. The number of aromatic nitrogens is 3. The third kappa shape index (κ3) is 1.23. The van der Waals surface area contributed by atoms with Crippen molar-refractivity contribution in [2.24, 2.45) is 0 Å². The molecule has 0 fully saturated rings. The van der Waals surface area contributed by atoms with Crippen LogP contribution in [0.25, 0.3) is 5.52 Å². The van der Waals surface area contributed by atoms with Gasteiger partial charge in [-0.05, 0) is 32.9 Å². The molecule has 74 valence electrons. The van der Waals surface area contributed by atoms with Gasteiger partial charge in [-0.25, -0.2) is 4.79 Å². The summed E-state index contributed by atoms with van der Waals surface area (Å²) in [5.74, 6) is 0. The number of hydrogen-bond donors (Lipinski definition) is 0. The fraction of sp³-hybridized carbons (Fsp3) is 0.400. The molecule has 0 saturated heterocycles. The quantitative estimate of drug-likeness (QED) is 0.628. The summed E-state index contributed by atoms with van der Waals surface area (Å²) in [7, 11) is 0. The SMILES string of the molecule is CC(C)(C)n1cc2cccnn2c1=O. The minimum absolute atomic E-state index is 0.0897. The van der Waals surface area contributed by atoms with E-state index in [0.717, 1.165) is 5.52 Å². The molecule has 0 saturated carbocycles. The van der Waals surface area contributed by atoms with Gasteiger partial charge in [0.1, 0.15) is 0 Å². The molecule has 0 aliphatic carbocycles. The molecule has 0 radical (unpaired) electrons. The van der Waals surface area contributed by atoms with Crippen molar-refractivity contribution in [3.05, 3.63) is 35.0 Å². The Balaban J connectivity index is 2.82. The summed E-state index contributed by atoms with van der Waals surface area (Å²) in [6.07, 6.45) is 3.44. The van der Waals surface area contributed by atoms with Crippen LogP contribution in [0.15, 0.2) is 29.3 Å². The van der Waals surface area contributed by atoms with E-state index >= 15 is 0 Å². The van der Waals surface area contributed by atoms with Gasteiger partial charge in [0.25, 0.3) is 0 Å². The number of nitrogens with zero attached hydrogens (tertiary/aromatic N) is 3. The summed E-state index contributed by atoms with van der Waals surface area (Å²) in [5.41, 5.74) is 0.533. The fourth-order valence-corrected chi connectivity index (χ4v) is 1.41. The molecule has 2 heterocycles. The second-order valence-electron chi connectivity index (χ2n) is 4.31. The first-order chi connectivity index (χ1) is 6.50. The highest BCUT2D eigenvalue weighted by atomic mass is 16.2. The van der Waals surface area contributed by atoms with Crippen molar-refractivity contribution in [2.45, 2.75) is 26.3 Å². The van der Waals surface area contributed by atoms with Crippen molar-refractivity contribution in [3.8, 4) is 0 Å². The van der Waals surface area contributed by atoms with Gasteiger partial charge in [0, 0.05) is 17.9 Å². The topological polar surface area (TPSA) is 39.3 Å². The van der Waals surface area contributed by atoms with Crippen molar-refractivity contribution >= 4 is 5.52 Å². The lowest BCUT2D eigenvalue weighted by molar-refractivity contribution is 0.382. The van der Waals surface area contributed by atoms with Gasteiger partial charge in [0.05, 0.1) is 5.52 Å². The maximum Gasteiger partial charge on any atom is 0.349 e. The van der Waals surface area contributed by atoms with Gasteiger partial charge in [-0.2, -0.15) is 9.61 Å². The predicted molar refractivity (Wildman–Crippen MR) is 54.4 cm³/mol. The summed E-state index contributed by atoms with van der Waals surface area (Å²) < 4.78 is 3.10. The highest BCUT2D eigenvalue weighted by molar-refractivity contribution is 5.42. The smallest absolute Gasteiger partial charge is 0.292 e. The molecule has 0 unspecified atom stereocenters. The Morgan fingerprint density at radius 3 is 2.64 bits per heavy atom. The summed E-state index contributed by atoms with van der Waals surface area (Å²) >= 11 is 0. The van der Waals surface area contributed by atoms with Crippen LogP contribution in [-0.4, -0.2) is 14.2 Å². The highest BCUT2D eigenvalue weighted by Gasteiger charge is 2.17. The number of imidazole rings is 1. The van der Waals surface area contributed by atoms with Gasteiger partial charge in [-0.1, -0.05) is 0 Å². The second-order valence-corrected chi connectivity index (χ2v) is 4.31. The van der Waals surface area contributed by atoms with Crippen LogP contribution in [-0.2, 0) is 5.54 Å². The van der Waals surface area contributed by atoms with E-state index in [9.17, 15) is 4.79 Å². The first-order valence-corrected chi connectivity index (χ1v) is 4.56. The van der Waals surface area contributed by atoms with E-state index < -0.39 is 0 Å². The first-order valence-electron chi connectivity index (χ1n) is 4.56. The summed E-state index contributed by atoms with van der Waals surface area (Å²) in [6.45, 7) is 5.98. The summed E-state index contributed by atoms with van der Waals surface area (Å²) in [5, 5.41) is 4.00. The molecule has 2 aromatic rings. The van der Waals surface area contributed by atoms with Crippen molar-refractivity contribution in [2.75, 3.05) is 0 Å². The highest BCUT2D eigenvalue weighted by Crippen LogP contribution is 2.11. The van der Waals surface area contributed by atoms with Crippen LogP contribution in [0.3, 0.4) is 0 Å². The number of fused-ring (bicyclic) bond motifs is 1. The molecule has 0 aromatic carbocycles. The molecule has 4 nitrogen and oxygen atoms in total. The van der Waals surface area contributed by atoms with Gasteiger partial charge in [0.15, 0.2) is 0 Å². The molecule has 0 aliphatic heterocycles. The average molecular weight is 191 g/mol. The van der Waals surface area contributed by atoms with E-state index in [4.69, 9.17) is 0 Å². The Labute approximate surface area is 81.8 Å². The Bertz CT molecular complexity index is 516. The molecule has 0 amide bonds. The van der Waals surface area contributed by atoms with Gasteiger partial charge in [0.2, 0.25) is 0 Å². The largest absolute Gasteiger partial charge is 0.349 e. The van der Waals surface area contributed by atoms with Crippen molar-refractivity contribution in [1.29, 1.82) is 0 Å². The number of rotatable bonds is 0. The Hall–Kier alpha value is -1.58. The summed E-state index contributed by atoms with van der Waals surface area (Å²) in [4.78, 5) is 11.8. The molecular weight excluding hydrogens is 178 g/mol. The van der Waals surface area contributed by atoms with Gasteiger partial charge < -0.3 is 0 Å². The molecule has 0 N–H and O–H groups in total. The second kappa shape index (κ2) is 2.70. The lowest BCUT2D eigenvalue weighted by Crippen LogP contribution is -2.33. The standard InChI is InChI=1S/C10H13N3O/c1-10(2,3)12-7-8-5-4-6-11-13(8)9(12)14/h4-7H,1-3H3. The van der Waals surface area contributed by atoms with Crippen molar-refractivity contribution < 1.29 is 0 Å². The predicted octanol–water partition coefficient (Wildman–Crippen LogP) is 1.25. The van der Waals surface area contributed by atoms with E-state index in [0.29, 0.717) is 0 Å². The van der Waals surface area contributed by atoms with Gasteiger partial charge in [-0.15, -0.1) is 0 Å². The van der Waals surface area contributed by atoms with E-state index in [1.54, 1.807) is 10.8 Å². The zero-order chi connectivity index (χ0) is 10.3. The Kier molecular flexibility index (Phi) is 1.74. The van der Waals surface area contributed by atoms with Crippen LogP contribution < -0.4 is 5.69 Å². The minimum atomic E-state index is -0.204. The molecule has 0 aliphatic rings. The van der Waals surface area contributed by atoms with Gasteiger partial charge >= 0.3 is 5.69 Å². The molecule has 0 spiro atoms. The maximum atomic E-state index is 11.8.